The molecular formula is C15H20N2O4. The number of ether oxygens (including phenoxy) is 1. The molecule has 1 aromatic carbocycles. The average Bonchev–Trinajstić information content (AvgIpc) is 2.50. The fraction of sp³-hybridized carbons (Fsp3) is 0.467. The minimum Gasteiger partial charge on any atom is -0.478 e. The number of aryl methyl sites for hydroxylation is 1. The summed E-state index contributed by atoms with van der Waals surface area (Å²) in [5.41, 5.74) is 2.01. The first kappa shape index (κ1) is 15.5. The van der Waals surface area contributed by atoms with Crippen LogP contribution in [0.1, 0.15) is 22.3 Å². The molecule has 6 heteroatoms. The predicted molar refractivity (Wildman–Crippen MR) is 78.8 cm³/mol. The molecular weight excluding hydrogens is 272 g/mol. The zero-order chi connectivity index (χ0) is 15.2. The van der Waals surface area contributed by atoms with Crippen molar-refractivity contribution in [3.05, 3.63) is 29.3 Å². The number of benzene rings is 1. The molecule has 6 nitrogen and oxygen atoms in total. The Kier molecular flexibility index (Phi) is 5.30. The number of carboxylic acid groups (broad SMARTS) is 1. The Labute approximate surface area is 123 Å². The normalized spacial score (nSPS) is 13.9. The maximum atomic E-state index is 12.2. The van der Waals surface area contributed by atoms with Crippen molar-refractivity contribution in [2.45, 2.75) is 12.8 Å². The highest BCUT2D eigenvalue weighted by molar-refractivity contribution is 5.97. The van der Waals surface area contributed by atoms with Crippen molar-refractivity contribution >= 4 is 17.6 Å². The maximum Gasteiger partial charge on any atom is 0.335 e. The highest BCUT2D eigenvalue weighted by Crippen LogP contribution is 2.28. The molecule has 0 unspecified atom stereocenters. The van der Waals surface area contributed by atoms with Gasteiger partial charge in [-0.3, -0.25) is 4.79 Å². The van der Waals surface area contributed by atoms with E-state index in [1.54, 1.807) is 30.2 Å². The molecule has 0 bridgehead atoms. The molecule has 1 amide bonds. The van der Waals surface area contributed by atoms with E-state index in [4.69, 9.17) is 9.84 Å². The third kappa shape index (κ3) is 3.80. The smallest absolute Gasteiger partial charge is 0.335 e. The summed E-state index contributed by atoms with van der Waals surface area (Å²) in [7, 11) is 1.62. The van der Waals surface area contributed by atoms with Crippen molar-refractivity contribution in [3.8, 4) is 0 Å². The molecule has 0 saturated carbocycles. The number of anilines is 1. The van der Waals surface area contributed by atoms with Gasteiger partial charge in [-0.2, -0.15) is 0 Å². The number of carbonyl (C=O) groups is 2. The first-order chi connectivity index (χ1) is 10.1. The van der Waals surface area contributed by atoms with Gasteiger partial charge in [0.05, 0.1) is 18.7 Å². The summed E-state index contributed by atoms with van der Waals surface area (Å²) in [5, 5.41) is 12.1. The molecule has 2 N–H and O–H groups in total. The quantitative estimate of drug-likeness (QED) is 0.762. The van der Waals surface area contributed by atoms with Gasteiger partial charge < -0.3 is 20.1 Å². The molecule has 114 valence electrons. The molecule has 0 saturated heterocycles. The standard InChI is InChI=1S/C15H20N2O4/c1-21-8-6-16-10-14(18)17-7-2-3-11-9-12(15(19)20)4-5-13(11)17/h4-5,9,16H,2-3,6-8,10H2,1H3,(H,19,20). The number of rotatable bonds is 6. The van der Waals surface area contributed by atoms with Crippen molar-refractivity contribution in [1.82, 2.24) is 5.32 Å². The van der Waals surface area contributed by atoms with Gasteiger partial charge in [0.1, 0.15) is 0 Å². The molecule has 0 spiro atoms. The maximum absolute atomic E-state index is 12.2. The van der Waals surface area contributed by atoms with Crippen LogP contribution in [0.5, 0.6) is 0 Å². The molecule has 2 rings (SSSR count). The summed E-state index contributed by atoms with van der Waals surface area (Å²) >= 11 is 0. The Balaban J connectivity index is 2.07. The second-order valence-electron chi connectivity index (χ2n) is 4.97. The first-order valence-corrected chi connectivity index (χ1v) is 6.99. The van der Waals surface area contributed by atoms with Crippen molar-refractivity contribution in [2.75, 3.05) is 38.3 Å². The van der Waals surface area contributed by atoms with Crippen LogP contribution in [0.4, 0.5) is 5.69 Å². The van der Waals surface area contributed by atoms with Gasteiger partial charge in [-0.15, -0.1) is 0 Å². The number of carbonyl (C=O) groups excluding carboxylic acids is 1. The highest BCUT2D eigenvalue weighted by atomic mass is 16.5. The van der Waals surface area contributed by atoms with Gasteiger partial charge in [0.2, 0.25) is 5.91 Å². The fourth-order valence-electron chi connectivity index (χ4n) is 2.45. The van der Waals surface area contributed by atoms with Gasteiger partial charge in [-0.25, -0.2) is 4.79 Å². The van der Waals surface area contributed by atoms with Crippen LogP contribution >= 0.6 is 0 Å². The Morgan fingerprint density at radius 2 is 2.24 bits per heavy atom. The van der Waals surface area contributed by atoms with E-state index in [1.807, 2.05) is 0 Å². The Bertz CT molecular complexity index is 530. The summed E-state index contributed by atoms with van der Waals surface area (Å²) in [6, 6.07) is 4.94. The van der Waals surface area contributed by atoms with Crippen LogP contribution in [-0.4, -0.2) is 50.3 Å². The Hall–Kier alpha value is -1.92. The minimum atomic E-state index is -0.942. The molecule has 1 aromatic rings. The lowest BCUT2D eigenvalue weighted by molar-refractivity contribution is -0.117. The number of amides is 1. The van der Waals surface area contributed by atoms with Crippen molar-refractivity contribution < 1.29 is 19.4 Å². The zero-order valence-electron chi connectivity index (χ0n) is 12.1. The number of methoxy groups -OCH3 is 1. The summed E-state index contributed by atoms with van der Waals surface area (Å²) < 4.78 is 4.92. The molecule has 21 heavy (non-hydrogen) atoms. The number of hydrogen-bond acceptors (Lipinski definition) is 4. The van der Waals surface area contributed by atoms with Gasteiger partial charge in [0.15, 0.2) is 0 Å². The van der Waals surface area contributed by atoms with Crippen LogP contribution in [-0.2, 0) is 16.0 Å². The first-order valence-electron chi connectivity index (χ1n) is 6.99. The lowest BCUT2D eigenvalue weighted by Crippen LogP contribution is -2.41. The average molecular weight is 292 g/mol. The van der Waals surface area contributed by atoms with E-state index in [1.165, 1.54) is 0 Å². The van der Waals surface area contributed by atoms with E-state index in [2.05, 4.69) is 5.32 Å². The van der Waals surface area contributed by atoms with E-state index < -0.39 is 5.97 Å². The molecule has 0 fully saturated rings. The summed E-state index contributed by atoms with van der Waals surface area (Å²) in [5.74, 6) is -0.947. The van der Waals surface area contributed by atoms with E-state index in [-0.39, 0.29) is 18.0 Å². The number of fused-ring (bicyclic) bond motifs is 1. The molecule has 1 aliphatic rings. The van der Waals surface area contributed by atoms with E-state index >= 15 is 0 Å². The largest absolute Gasteiger partial charge is 0.478 e. The molecule has 0 radical (unpaired) electrons. The molecule has 0 aliphatic carbocycles. The number of nitrogens with zero attached hydrogens (tertiary/aromatic N) is 1. The predicted octanol–water partition coefficient (Wildman–Crippen LogP) is 0.900. The van der Waals surface area contributed by atoms with Crippen molar-refractivity contribution in [3.63, 3.8) is 0 Å². The summed E-state index contributed by atoms with van der Waals surface area (Å²) in [6.07, 6.45) is 1.65. The monoisotopic (exact) mass is 292 g/mol. The molecule has 0 atom stereocenters. The number of carboxylic acids is 1. The van der Waals surface area contributed by atoms with Gasteiger partial charge in [-0.05, 0) is 36.6 Å². The van der Waals surface area contributed by atoms with E-state index in [0.717, 1.165) is 24.1 Å². The lowest BCUT2D eigenvalue weighted by Gasteiger charge is -2.30. The van der Waals surface area contributed by atoms with Crippen LogP contribution in [0.15, 0.2) is 18.2 Å². The van der Waals surface area contributed by atoms with Crippen molar-refractivity contribution in [1.29, 1.82) is 0 Å². The van der Waals surface area contributed by atoms with Gasteiger partial charge in [0, 0.05) is 25.9 Å². The van der Waals surface area contributed by atoms with Gasteiger partial charge in [0.25, 0.3) is 0 Å². The van der Waals surface area contributed by atoms with Crippen LogP contribution in [0.2, 0.25) is 0 Å². The van der Waals surface area contributed by atoms with Crippen LogP contribution in [0.25, 0.3) is 0 Å². The second kappa shape index (κ2) is 7.19. The molecule has 0 aromatic heterocycles. The number of nitrogens with one attached hydrogen (secondary N) is 1. The third-order valence-corrected chi connectivity index (χ3v) is 3.51. The summed E-state index contributed by atoms with van der Waals surface area (Å²) in [6.45, 7) is 2.11. The second-order valence-corrected chi connectivity index (χ2v) is 4.97. The Morgan fingerprint density at radius 3 is 2.95 bits per heavy atom. The number of hydrogen-bond donors (Lipinski definition) is 2. The topological polar surface area (TPSA) is 78.9 Å². The van der Waals surface area contributed by atoms with Crippen LogP contribution in [0, 0.1) is 0 Å². The van der Waals surface area contributed by atoms with E-state index in [9.17, 15) is 9.59 Å². The number of aromatic carboxylic acids is 1. The van der Waals surface area contributed by atoms with Gasteiger partial charge in [-0.1, -0.05) is 0 Å². The fourth-order valence-corrected chi connectivity index (χ4v) is 2.45. The third-order valence-electron chi connectivity index (χ3n) is 3.51. The van der Waals surface area contributed by atoms with Crippen LogP contribution in [0.3, 0.4) is 0 Å². The minimum absolute atomic E-state index is 0.00451. The lowest BCUT2D eigenvalue weighted by atomic mass is 9.99. The molecule has 1 heterocycles. The summed E-state index contributed by atoms with van der Waals surface area (Å²) in [4.78, 5) is 25.0. The van der Waals surface area contributed by atoms with E-state index in [0.29, 0.717) is 19.7 Å². The van der Waals surface area contributed by atoms with Gasteiger partial charge >= 0.3 is 5.97 Å². The Morgan fingerprint density at radius 1 is 1.43 bits per heavy atom. The zero-order valence-corrected chi connectivity index (χ0v) is 12.1. The van der Waals surface area contributed by atoms with Crippen molar-refractivity contribution in [2.24, 2.45) is 0 Å². The highest BCUT2D eigenvalue weighted by Gasteiger charge is 2.22. The van der Waals surface area contributed by atoms with Crippen LogP contribution < -0.4 is 10.2 Å². The molecule has 1 aliphatic heterocycles. The SMILES string of the molecule is COCCNCC(=O)N1CCCc2cc(C(=O)O)ccc21.